The lowest BCUT2D eigenvalue weighted by molar-refractivity contribution is 0.128. The molecule has 5 heteroatoms. The summed E-state index contributed by atoms with van der Waals surface area (Å²) < 4.78 is 0. The van der Waals surface area contributed by atoms with Gasteiger partial charge in [0, 0.05) is 6.54 Å². The Labute approximate surface area is 122 Å². The zero-order valence-electron chi connectivity index (χ0n) is 12.2. The summed E-state index contributed by atoms with van der Waals surface area (Å²) in [6.45, 7) is 5.45. The van der Waals surface area contributed by atoms with Gasteiger partial charge in [-0.25, -0.2) is 0 Å². The Morgan fingerprint density at radius 1 is 1.25 bits per heavy atom. The zero-order chi connectivity index (χ0) is 15.0. The topological polar surface area (TPSA) is 61.4 Å². The van der Waals surface area contributed by atoms with Crippen molar-refractivity contribution < 1.29 is 9.90 Å². The fourth-order valence-electron chi connectivity index (χ4n) is 2.00. The van der Waals surface area contributed by atoms with Crippen molar-refractivity contribution in [3.05, 3.63) is 35.9 Å². The van der Waals surface area contributed by atoms with Gasteiger partial charge in [0.2, 0.25) is 7.85 Å². The number of amides is 1. The summed E-state index contributed by atoms with van der Waals surface area (Å²) in [5, 5.41) is 16.0. The van der Waals surface area contributed by atoms with E-state index < -0.39 is 18.0 Å². The summed E-state index contributed by atoms with van der Waals surface area (Å²) in [6, 6.07) is 9.32. The number of aliphatic hydroxyl groups excluding tert-OH is 1. The summed E-state index contributed by atoms with van der Waals surface area (Å²) in [7, 11) is 5.18. The molecule has 2 atom stereocenters. The molecule has 0 spiro atoms. The molecule has 0 bridgehead atoms. The molecular weight excluding hydrogens is 251 g/mol. The van der Waals surface area contributed by atoms with E-state index in [4.69, 9.17) is 7.85 Å². The van der Waals surface area contributed by atoms with E-state index in [0.717, 1.165) is 12.1 Å². The number of hydrogen-bond donors (Lipinski definition) is 3. The summed E-state index contributed by atoms with van der Waals surface area (Å²) in [5.74, 6) is -0.104. The van der Waals surface area contributed by atoms with Crippen molar-refractivity contribution in [3.8, 4) is 0 Å². The SMILES string of the molecule is [B]C(=O)N[C@H](Cc1ccccc1)[C@@H](O)CNCC(C)C. The highest BCUT2D eigenvalue weighted by Crippen LogP contribution is 2.06. The fraction of sp³-hybridized carbons (Fsp3) is 0.533. The van der Waals surface area contributed by atoms with Gasteiger partial charge >= 0.3 is 0 Å². The second kappa shape index (κ2) is 8.77. The predicted octanol–water partition coefficient (Wildman–Crippen LogP) is 1.08. The highest BCUT2D eigenvalue weighted by atomic mass is 16.3. The van der Waals surface area contributed by atoms with Crippen LogP contribution in [0.4, 0.5) is 4.79 Å². The fourth-order valence-corrected chi connectivity index (χ4v) is 2.00. The average molecular weight is 274 g/mol. The number of rotatable bonds is 8. The van der Waals surface area contributed by atoms with Crippen molar-refractivity contribution in [2.24, 2.45) is 5.92 Å². The molecule has 1 aromatic rings. The minimum Gasteiger partial charge on any atom is -0.390 e. The number of aliphatic hydroxyl groups is 1. The molecule has 108 valence electrons. The van der Waals surface area contributed by atoms with E-state index in [9.17, 15) is 9.90 Å². The first-order chi connectivity index (χ1) is 9.49. The van der Waals surface area contributed by atoms with Crippen molar-refractivity contribution in [1.29, 1.82) is 0 Å². The number of nitrogens with one attached hydrogen (secondary N) is 2. The quantitative estimate of drug-likeness (QED) is 0.622. The summed E-state index contributed by atoms with van der Waals surface area (Å²) in [5.41, 5.74) is 1.05. The first kappa shape index (κ1) is 16.7. The van der Waals surface area contributed by atoms with E-state index >= 15 is 0 Å². The van der Waals surface area contributed by atoms with Gasteiger partial charge in [0.15, 0.2) is 5.81 Å². The molecule has 1 aromatic carbocycles. The first-order valence-electron chi connectivity index (χ1n) is 6.97. The molecule has 1 amide bonds. The molecule has 0 aromatic heterocycles. The molecule has 0 aliphatic carbocycles. The van der Waals surface area contributed by atoms with Crippen LogP contribution < -0.4 is 10.6 Å². The molecule has 1 rings (SSSR count). The number of carbonyl (C=O) groups is 1. The standard InChI is InChI=1S/C15H23BN2O2/c1-11(2)9-17-10-14(19)13(18-15(16)20)8-12-6-4-3-5-7-12/h3-7,11,13-14,17,19H,8-10H2,1-2H3,(H,18,20)/t13-,14+/m1/s1. The molecule has 0 saturated carbocycles. The van der Waals surface area contributed by atoms with Gasteiger partial charge in [-0.1, -0.05) is 44.2 Å². The highest BCUT2D eigenvalue weighted by molar-refractivity contribution is 6.57. The van der Waals surface area contributed by atoms with Crippen LogP contribution in [0.2, 0.25) is 0 Å². The van der Waals surface area contributed by atoms with Crippen LogP contribution in [0, 0.1) is 5.92 Å². The molecule has 3 N–H and O–H groups in total. The van der Waals surface area contributed by atoms with Crippen molar-refractivity contribution in [3.63, 3.8) is 0 Å². The van der Waals surface area contributed by atoms with Gasteiger partial charge in [-0.2, -0.15) is 0 Å². The van der Waals surface area contributed by atoms with E-state index in [2.05, 4.69) is 24.5 Å². The Morgan fingerprint density at radius 2 is 1.90 bits per heavy atom. The third-order valence-electron chi connectivity index (χ3n) is 3.00. The van der Waals surface area contributed by atoms with Crippen LogP contribution in [0.5, 0.6) is 0 Å². The molecule has 20 heavy (non-hydrogen) atoms. The van der Waals surface area contributed by atoms with Crippen molar-refractivity contribution in [2.45, 2.75) is 32.4 Å². The first-order valence-corrected chi connectivity index (χ1v) is 6.97. The Hall–Kier alpha value is -1.33. The van der Waals surface area contributed by atoms with Crippen LogP contribution in [-0.2, 0) is 6.42 Å². The van der Waals surface area contributed by atoms with Crippen LogP contribution in [0.1, 0.15) is 19.4 Å². The minimum absolute atomic E-state index is 0.394. The summed E-state index contributed by atoms with van der Waals surface area (Å²) >= 11 is 0. The van der Waals surface area contributed by atoms with Crippen molar-refractivity contribution >= 4 is 13.7 Å². The van der Waals surface area contributed by atoms with Crippen molar-refractivity contribution in [1.82, 2.24) is 10.6 Å². The molecule has 2 radical (unpaired) electrons. The van der Waals surface area contributed by atoms with E-state index in [0.29, 0.717) is 18.9 Å². The normalized spacial score (nSPS) is 14.0. The monoisotopic (exact) mass is 274 g/mol. The Morgan fingerprint density at radius 3 is 2.45 bits per heavy atom. The molecule has 4 nitrogen and oxygen atoms in total. The molecule has 0 saturated heterocycles. The largest absolute Gasteiger partial charge is 0.390 e. The third-order valence-corrected chi connectivity index (χ3v) is 3.00. The van der Waals surface area contributed by atoms with E-state index in [1.54, 1.807) is 0 Å². The van der Waals surface area contributed by atoms with Crippen LogP contribution in [0.15, 0.2) is 30.3 Å². The highest BCUT2D eigenvalue weighted by Gasteiger charge is 2.20. The van der Waals surface area contributed by atoms with Crippen LogP contribution >= 0.6 is 0 Å². The summed E-state index contributed by atoms with van der Waals surface area (Å²) in [6.07, 6.45) is -0.129. The lowest BCUT2D eigenvalue weighted by atomic mass is 9.99. The van der Waals surface area contributed by atoms with Crippen LogP contribution in [-0.4, -0.2) is 44.0 Å². The second-order valence-corrected chi connectivity index (χ2v) is 5.42. The molecule has 0 heterocycles. The Bertz CT molecular complexity index is 398. The van der Waals surface area contributed by atoms with E-state index in [1.165, 1.54) is 0 Å². The van der Waals surface area contributed by atoms with Gasteiger partial charge in [0.25, 0.3) is 0 Å². The van der Waals surface area contributed by atoms with Crippen molar-refractivity contribution in [2.75, 3.05) is 13.1 Å². The predicted molar refractivity (Wildman–Crippen MR) is 81.9 cm³/mol. The molecular formula is C15H23BN2O2. The van der Waals surface area contributed by atoms with Gasteiger partial charge in [-0.3, -0.25) is 4.79 Å². The summed E-state index contributed by atoms with van der Waals surface area (Å²) in [4.78, 5) is 11.1. The molecule has 0 unspecified atom stereocenters. The van der Waals surface area contributed by atoms with Crippen LogP contribution in [0.25, 0.3) is 0 Å². The van der Waals surface area contributed by atoms with Gasteiger partial charge in [-0.15, -0.1) is 0 Å². The van der Waals surface area contributed by atoms with E-state index in [-0.39, 0.29) is 0 Å². The smallest absolute Gasteiger partial charge is 0.200 e. The molecule has 0 aliphatic heterocycles. The minimum atomic E-state index is -0.679. The maximum absolute atomic E-state index is 11.1. The Balaban J connectivity index is 2.56. The Kier molecular flexibility index (Phi) is 7.33. The zero-order valence-corrected chi connectivity index (χ0v) is 12.2. The van der Waals surface area contributed by atoms with Gasteiger partial charge in [0.1, 0.15) is 0 Å². The van der Waals surface area contributed by atoms with Crippen LogP contribution in [0.3, 0.4) is 0 Å². The van der Waals surface area contributed by atoms with E-state index in [1.807, 2.05) is 30.3 Å². The average Bonchev–Trinajstić information content (AvgIpc) is 2.38. The molecule has 0 aliphatic rings. The lowest BCUT2D eigenvalue weighted by Crippen LogP contribution is -2.48. The lowest BCUT2D eigenvalue weighted by Gasteiger charge is -2.25. The second-order valence-electron chi connectivity index (χ2n) is 5.42. The number of carbonyl (C=O) groups excluding carboxylic acids is 1. The third kappa shape index (κ3) is 6.73. The molecule has 0 fully saturated rings. The maximum atomic E-state index is 11.1. The number of hydrogen-bond acceptors (Lipinski definition) is 3. The number of benzene rings is 1. The van der Waals surface area contributed by atoms with Gasteiger partial charge in [0.05, 0.1) is 12.1 Å². The maximum Gasteiger partial charge on any atom is 0.200 e. The van der Waals surface area contributed by atoms with Gasteiger partial charge < -0.3 is 15.7 Å². The van der Waals surface area contributed by atoms with Gasteiger partial charge in [-0.05, 0) is 24.4 Å².